The van der Waals surface area contributed by atoms with Gasteiger partial charge < -0.3 is 15.8 Å². The van der Waals surface area contributed by atoms with E-state index in [0.717, 1.165) is 29.6 Å². The van der Waals surface area contributed by atoms with Crippen LogP contribution < -0.4 is 21.3 Å². The lowest BCUT2D eigenvalue weighted by atomic mass is 10.2. The van der Waals surface area contributed by atoms with Crippen molar-refractivity contribution in [1.29, 1.82) is 0 Å². The van der Waals surface area contributed by atoms with E-state index >= 15 is 0 Å². The number of aromatic nitrogens is 2. The van der Waals surface area contributed by atoms with Crippen LogP contribution in [-0.2, 0) is 0 Å². The molecule has 34 heavy (non-hydrogen) atoms. The number of allylic oxidation sites excluding steroid dienone is 5. The molecule has 0 spiro atoms. The highest BCUT2D eigenvalue weighted by atomic mass is 32.1. The monoisotopic (exact) mass is 486 g/mol. The number of nitrogens with one attached hydrogen (secondary N) is 1. The summed E-state index contributed by atoms with van der Waals surface area (Å²) in [6.07, 6.45) is 5.59. The fourth-order valence-electron chi connectivity index (χ4n) is 2.75. The highest BCUT2D eigenvalue weighted by Gasteiger charge is 2.12. The summed E-state index contributed by atoms with van der Waals surface area (Å²) >= 11 is 1.32. The first-order chi connectivity index (χ1) is 16.4. The number of benzene rings is 1. The average Bonchev–Trinajstić information content (AvgIpc) is 3.31. The fourth-order valence-corrected chi connectivity index (χ4v) is 3.77. The summed E-state index contributed by atoms with van der Waals surface area (Å²) in [5.41, 5.74) is 8.17. The van der Waals surface area contributed by atoms with Gasteiger partial charge in [0.1, 0.15) is 22.6 Å². The number of hydrogen-bond acceptors (Lipinski definition) is 6. The molecule has 0 fully saturated rings. The van der Waals surface area contributed by atoms with Crippen molar-refractivity contribution in [3.8, 4) is 11.4 Å². The second-order valence-corrected chi connectivity index (χ2v) is 7.79. The van der Waals surface area contributed by atoms with Gasteiger partial charge in [-0.3, -0.25) is 9.36 Å². The zero-order valence-electron chi connectivity index (χ0n) is 20.8. The molecule has 0 atom stereocenters. The lowest BCUT2D eigenvalue weighted by molar-refractivity contribution is 0.417. The lowest BCUT2D eigenvalue weighted by Crippen LogP contribution is -2.17. The van der Waals surface area contributed by atoms with Gasteiger partial charge >= 0.3 is 0 Å². The zero-order chi connectivity index (χ0) is 25.7. The van der Waals surface area contributed by atoms with Crippen molar-refractivity contribution in [3.05, 3.63) is 76.5 Å². The average molecular weight is 487 g/mol. The molecule has 0 aliphatic carbocycles. The number of nitrogens with two attached hydrogens (primary N) is 1. The van der Waals surface area contributed by atoms with E-state index in [0.29, 0.717) is 27.3 Å². The first-order valence-corrected chi connectivity index (χ1v) is 12.0. The Morgan fingerprint density at radius 2 is 1.94 bits per heavy atom. The Kier molecular flexibility index (Phi) is 12.6. The van der Waals surface area contributed by atoms with Crippen LogP contribution in [0, 0.1) is 0 Å². The molecule has 8 heteroatoms. The molecular weight excluding hydrogens is 451 g/mol. The Morgan fingerprint density at radius 3 is 2.50 bits per heavy atom. The van der Waals surface area contributed by atoms with Gasteiger partial charge in [0, 0.05) is 10.9 Å². The summed E-state index contributed by atoms with van der Waals surface area (Å²) in [5, 5.41) is 3.11. The van der Waals surface area contributed by atoms with Crippen molar-refractivity contribution < 1.29 is 9.13 Å². The molecule has 3 aromatic rings. The number of ether oxygens (including phenoxy) is 1. The minimum atomic E-state index is -0.423. The van der Waals surface area contributed by atoms with Crippen LogP contribution in [0.2, 0.25) is 0 Å². The Hall–Kier alpha value is -3.23. The number of fused-ring (bicyclic) bond motifs is 1. The van der Waals surface area contributed by atoms with Crippen LogP contribution in [0.5, 0.6) is 5.75 Å². The highest BCUT2D eigenvalue weighted by molar-refractivity contribution is 7.19. The van der Waals surface area contributed by atoms with E-state index in [2.05, 4.69) is 30.7 Å². The summed E-state index contributed by atoms with van der Waals surface area (Å²) in [6.45, 7) is 15.6. The van der Waals surface area contributed by atoms with Crippen LogP contribution in [0.25, 0.3) is 21.5 Å². The summed E-state index contributed by atoms with van der Waals surface area (Å²) < 4.78 is 20.4. The number of thiophene rings is 1. The van der Waals surface area contributed by atoms with Crippen LogP contribution in [0.3, 0.4) is 0 Å². The second kappa shape index (κ2) is 14.8. The molecule has 3 N–H and O–H groups in total. The molecule has 2 heterocycles. The molecule has 3 rings (SSSR count). The van der Waals surface area contributed by atoms with Gasteiger partial charge in [-0.15, -0.1) is 11.3 Å². The summed E-state index contributed by atoms with van der Waals surface area (Å²) in [6, 6.07) is 6.92. The van der Waals surface area contributed by atoms with E-state index in [1.54, 1.807) is 24.3 Å². The molecular formula is C26H35FN4O2S. The number of rotatable bonds is 7. The smallest absolute Gasteiger partial charge is 0.275 e. The summed E-state index contributed by atoms with van der Waals surface area (Å²) in [5.74, 6) is 0.0643. The van der Waals surface area contributed by atoms with Gasteiger partial charge in [0.05, 0.1) is 24.0 Å². The van der Waals surface area contributed by atoms with Gasteiger partial charge in [0.15, 0.2) is 0 Å². The largest absolute Gasteiger partial charge is 0.495 e. The van der Waals surface area contributed by atoms with Crippen LogP contribution in [0.4, 0.5) is 10.1 Å². The summed E-state index contributed by atoms with van der Waals surface area (Å²) in [7, 11) is 1.52. The molecule has 6 nitrogen and oxygen atoms in total. The molecule has 0 unspecified atom stereocenters. The van der Waals surface area contributed by atoms with Gasteiger partial charge in [-0.25, -0.2) is 9.37 Å². The van der Waals surface area contributed by atoms with Gasteiger partial charge in [-0.1, -0.05) is 40.3 Å². The Balaban J connectivity index is 0.000000733. The molecule has 0 amide bonds. The molecule has 0 radical (unpaired) electrons. The molecule has 0 saturated carbocycles. The SMILES string of the molecule is C=C/C(F)=C\C=C(/C)c1cc2ncn(-c3ccc(N)c(OC)c3)c(=O)c2s1.CC.CCNCC. The molecule has 0 bridgehead atoms. The molecule has 0 aliphatic rings. The second-order valence-electron chi connectivity index (χ2n) is 6.73. The van der Waals surface area contributed by atoms with Gasteiger partial charge in [-0.05, 0) is 55.9 Å². The van der Waals surface area contributed by atoms with Crippen LogP contribution >= 0.6 is 11.3 Å². The number of hydrogen-bond donors (Lipinski definition) is 2. The number of methoxy groups -OCH3 is 1. The maximum atomic E-state index is 13.2. The van der Waals surface area contributed by atoms with Crippen molar-refractivity contribution in [2.75, 3.05) is 25.9 Å². The third-order valence-corrected chi connectivity index (χ3v) is 5.76. The minimum Gasteiger partial charge on any atom is -0.495 e. The first kappa shape index (κ1) is 28.8. The predicted molar refractivity (Wildman–Crippen MR) is 145 cm³/mol. The van der Waals surface area contributed by atoms with E-state index in [9.17, 15) is 9.18 Å². The maximum absolute atomic E-state index is 13.2. The van der Waals surface area contributed by atoms with Crippen LogP contribution in [0.15, 0.2) is 66.0 Å². The van der Waals surface area contributed by atoms with Crippen LogP contribution in [0.1, 0.15) is 39.5 Å². The molecule has 1 aromatic carbocycles. The molecule has 184 valence electrons. The highest BCUT2D eigenvalue weighted by Crippen LogP contribution is 2.28. The van der Waals surface area contributed by atoms with E-state index < -0.39 is 5.83 Å². The third-order valence-electron chi connectivity index (χ3n) is 4.51. The van der Waals surface area contributed by atoms with Crippen molar-refractivity contribution in [3.63, 3.8) is 0 Å². The number of nitrogens with zero attached hydrogens (tertiary/aromatic N) is 2. The summed E-state index contributed by atoms with van der Waals surface area (Å²) in [4.78, 5) is 18.1. The van der Waals surface area contributed by atoms with Crippen molar-refractivity contribution in [2.45, 2.75) is 34.6 Å². The van der Waals surface area contributed by atoms with Crippen molar-refractivity contribution in [2.24, 2.45) is 0 Å². The zero-order valence-corrected chi connectivity index (χ0v) is 21.6. The van der Waals surface area contributed by atoms with Gasteiger partial charge in [0.2, 0.25) is 0 Å². The third kappa shape index (κ3) is 7.67. The van der Waals surface area contributed by atoms with E-state index in [1.807, 2.05) is 26.8 Å². The van der Waals surface area contributed by atoms with Crippen molar-refractivity contribution in [1.82, 2.24) is 14.9 Å². The lowest BCUT2D eigenvalue weighted by Gasteiger charge is -2.09. The molecule has 0 aliphatic heterocycles. The Labute approximate surface area is 205 Å². The van der Waals surface area contributed by atoms with Gasteiger partial charge in [0.25, 0.3) is 5.56 Å². The number of anilines is 1. The maximum Gasteiger partial charge on any atom is 0.275 e. The predicted octanol–water partition coefficient (Wildman–Crippen LogP) is 6.12. The van der Waals surface area contributed by atoms with E-state index in [4.69, 9.17) is 10.5 Å². The standard InChI is InChI=1S/C20H18FN3O2S.C4H11N.C2H6/c1-4-13(21)6-5-12(2)18-10-16-19(27-18)20(25)24(11-23-16)14-7-8-15(22)17(9-14)26-3;1-3-5-4-2;1-2/h4-11H,1,22H2,2-3H3;5H,3-4H2,1-2H3;1-2H3/b12-5+,13-6+;;. The number of halogens is 1. The van der Waals surface area contributed by atoms with Crippen LogP contribution in [-0.4, -0.2) is 29.8 Å². The number of nitrogen functional groups attached to an aromatic ring is 1. The van der Waals surface area contributed by atoms with Crippen molar-refractivity contribution >= 4 is 32.8 Å². The Bertz CT molecular complexity index is 1190. The van der Waals surface area contributed by atoms with Gasteiger partial charge in [-0.2, -0.15) is 0 Å². The normalized spacial score (nSPS) is 11.3. The molecule has 2 aromatic heterocycles. The van der Waals surface area contributed by atoms with E-state index in [1.165, 1.54) is 35.4 Å². The first-order valence-electron chi connectivity index (χ1n) is 11.2. The quantitative estimate of drug-likeness (QED) is 0.310. The van der Waals surface area contributed by atoms with E-state index in [-0.39, 0.29) is 5.56 Å². The molecule has 0 saturated heterocycles. The Morgan fingerprint density at radius 1 is 1.26 bits per heavy atom. The fraction of sp³-hybridized carbons (Fsp3) is 0.308. The topological polar surface area (TPSA) is 82.2 Å². The minimum absolute atomic E-state index is 0.191.